The highest BCUT2D eigenvalue weighted by molar-refractivity contribution is 5.93. The van der Waals surface area contributed by atoms with E-state index in [1.807, 2.05) is 6.92 Å². The van der Waals surface area contributed by atoms with Crippen LogP contribution in [0.1, 0.15) is 48.3 Å². The van der Waals surface area contributed by atoms with Gasteiger partial charge in [-0.2, -0.15) is 0 Å². The van der Waals surface area contributed by atoms with Crippen LogP contribution >= 0.6 is 0 Å². The Morgan fingerprint density at radius 1 is 1.43 bits per heavy atom. The van der Waals surface area contributed by atoms with Gasteiger partial charge in [0.05, 0.1) is 19.1 Å². The lowest BCUT2D eigenvalue weighted by molar-refractivity contribution is -0.139. The predicted octanol–water partition coefficient (Wildman–Crippen LogP) is 2.31. The summed E-state index contributed by atoms with van der Waals surface area (Å²) in [6, 6.07) is -0.609. The van der Waals surface area contributed by atoms with Gasteiger partial charge in [-0.3, -0.25) is 9.59 Å². The third kappa shape index (κ3) is 7.26. The normalized spacial score (nSPS) is 14.4. The summed E-state index contributed by atoms with van der Waals surface area (Å²) in [4.78, 5) is 29.5. The highest BCUT2D eigenvalue weighted by Gasteiger charge is 2.32. The van der Waals surface area contributed by atoms with Crippen LogP contribution in [0, 0.1) is 6.92 Å². The van der Waals surface area contributed by atoms with Gasteiger partial charge >= 0.3 is 0 Å². The average Bonchev–Trinajstić information content (AvgIpc) is 2.99. The first-order chi connectivity index (χ1) is 13.3. The number of oxazole rings is 1. The zero-order valence-corrected chi connectivity index (χ0v) is 16.7. The molecule has 1 aliphatic heterocycles. The van der Waals surface area contributed by atoms with Gasteiger partial charge in [0, 0.05) is 13.0 Å². The number of hydrogen-bond acceptors (Lipinski definition) is 5. The Kier molecular flexibility index (Phi) is 10.2. The summed E-state index contributed by atoms with van der Waals surface area (Å²) in [6.45, 7) is 11.3. The van der Waals surface area contributed by atoms with Crippen LogP contribution in [-0.2, 0) is 11.2 Å². The van der Waals surface area contributed by atoms with Crippen molar-refractivity contribution >= 4 is 11.8 Å². The summed E-state index contributed by atoms with van der Waals surface area (Å²) in [5.41, 5.74) is 6.11. The molecule has 8 heteroatoms. The van der Waals surface area contributed by atoms with Crippen molar-refractivity contribution in [3.8, 4) is 0 Å². The lowest BCUT2D eigenvalue weighted by Crippen LogP contribution is -2.56. The third-order valence-electron chi connectivity index (χ3n) is 4.07. The van der Waals surface area contributed by atoms with E-state index in [9.17, 15) is 14.0 Å². The molecule has 1 fully saturated rings. The number of carbonyl (C=O) groups is 2. The Bertz CT molecular complexity index is 668. The number of amides is 2. The number of aryl methyl sites for hydroxylation is 1. The maximum absolute atomic E-state index is 12.7. The maximum atomic E-state index is 12.7. The number of nitrogens with zero attached hydrogens (tertiary/aromatic N) is 2. The number of nitrogens with one attached hydrogen (secondary N) is 1. The first-order valence-corrected chi connectivity index (χ1v) is 9.44. The quantitative estimate of drug-likeness (QED) is 0.494. The number of aromatic nitrogens is 1. The number of allylic oxidation sites excluding steroid dienone is 2. The van der Waals surface area contributed by atoms with Crippen molar-refractivity contribution in [2.45, 2.75) is 51.7 Å². The van der Waals surface area contributed by atoms with Gasteiger partial charge in [-0.15, -0.1) is 13.2 Å². The Hall–Kier alpha value is -2.48. The van der Waals surface area contributed by atoms with Gasteiger partial charge in [-0.1, -0.05) is 12.2 Å². The fourth-order valence-corrected chi connectivity index (χ4v) is 2.61. The summed E-state index contributed by atoms with van der Waals surface area (Å²) >= 11 is 0. The minimum atomic E-state index is -0.918. The number of carbonyl (C=O) groups excluding carboxylic acids is 2. The van der Waals surface area contributed by atoms with E-state index < -0.39 is 12.2 Å². The molecule has 0 spiro atoms. The van der Waals surface area contributed by atoms with Crippen molar-refractivity contribution in [1.29, 1.82) is 0 Å². The molecule has 1 atom stereocenters. The molecule has 1 saturated heterocycles. The maximum Gasteiger partial charge on any atom is 0.273 e. The van der Waals surface area contributed by atoms with Crippen molar-refractivity contribution < 1.29 is 18.4 Å². The van der Waals surface area contributed by atoms with Gasteiger partial charge in [0.2, 0.25) is 5.91 Å². The largest absolute Gasteiger partial charge is 0.445 e. The first-order valence-electron chi connectivity index (χ1n) is 9.44. The Balaban J connectivity index is 0.00000122. The van der Waals surface area contributed by atoms with Gasteiger partial charge in [0.15, 0.2) is 11.6 Å². The van der Waals surface area contributed by atoms with Crippen molar-refractivity contribution in [3.05, 3.63) is 42.7 Å². The SMILES string of the molecule is C=CC.C=CCc1nc(C(=O)NCCCCC(N)C(=O)N2CC(F)C2)c(C)o1. The van der Waals surface area contributed by atoms with Crippen LogP contribution in [0.2, 0.25) is 0 Å². The van der Waals surface area contributed by atoms with E-state index in [1.165, 1.54) is 4.90 Å². The number of alkyl halides is 1. The molecular weight excluding hydrogens is 363 g/mol. The summed E-state index contributed by atoms with van der Waals surface area (Å²) in [5.74, 6) is 0.448. The smallest absolute Gasteiger partial charge is 0.273 e. The molecular formula is C20H31FN4O3. The van der Waals surface area contributed by atoms with Crippen LogP contribution in [0.5, 0.6) is 0 Å². The standard InChI is InChI=1S/C17H25FN4O3.C3H6/c1-3-6-14-21-15(11(2)25-14)16(23)20-8-5-4-7-13(19)17(24)22-9-12(18)10-22;1-3-2/h3,12-13H,1,4-10,19H2,2H3,(H,20,23);3H,1H2,2H3. The fraction of sp³-hybridized carbons (Fsp3) is 0.550. The highest BCUT2D eigenvalue weighted by atomic mass is 19.1. The lowest BCUT2D eigenvalue weighted by Gasteiger charge is -2.36. The van der Waals surface area contributed by atoms with Crippen LogP contribution in [0.25, 0.3) is 0 Å². The third-order valence-corrected chi connectivity index (χ3v) is 4.07. The van der Waals surface area contributed by atoms with E-state index in [2.05, 4.69) is 23.5 Å². The summed E-state index contributed by atoms with van der Waals surface area (Å²) in [7, 11) is 0. The summed E-state index contributed by atoms with van der Waals surface area (Å²) in [5, 5.41) is 2.78. The fourth-order valence-electron chi connectivity index (χ4n) is 2.61. The molecule has 0 radical (unpaired) electrons. The number of hydrogen-bond donors (Lipinski definition) is 2. The van der Waals surface area contributed by atoms with Crippen LogP contribution in [0.4, 0.5) is 4.39 Å². The predicted molar refractivity (Wildman–Crippen MR) is 107 cm³/mol. The number of halogens is 1. The van der Waals surface area contributed by atoms with Crippen molar-refractivity contribution in [3.63, 3.8) is 0 Å². The van der Waals surface area contributed by atoms with Gasteiger partial charge in [0.1, 0.15) is 11.9 Å². The monoisotopic (exact) mass is 394 g/mol. The zero-order chi connectivity index (χ0) is 21.1. The van der Waals surface area contributed by atoms with E-state index in [1.54, 1.807) is 19.1 Å². The molecule has 1 aromatic heterocycles. The topological polar surface area (TPSA) is 101 Å². The Labute approximate surface area is 165 Å². The van der Waals surface area contributed by atoms with Gasteiger partial charge in [-0.05, 0) is 33.1 Å². The van der Waals surface area contributed by atoms with Crippen molar-refractivity contribution in [2.75, 3.05) is 19.6 Å². The molecule has 0 saturated carbocycles. The number of nitrogens with two attached hydrogens (primary N) is 1. The molecule has 0 aromatic carbocycles. The molecule has 2 rings (SSSR count). The zero-order valence-electron chi connectivity index (χ0n) is 16.7. The van der Waals surface area contributed by atoms with Crippen molar-refractivity contribution in [2.24, 2.45) is 5.73 Å². The molecule has 156 valence electrons. The van der Waals surface area contributed by atoms with Crippen LogP contribution in [-0.4, -0.2) is 53.5 Å². The van der Waals surface area contributed by atoms with Crippen LogP contribution < -0.4 is 11.1 Å². The molecule has 2 amide bonds. The molecule has 7 nitrogen and oxygen atoms in total. The number of likely N-dealkylation sites (tertiary alicyclic amines) is 1. The second-order valence-corrected chi connectivity index (χ2v) is 6.61. The van der Waals surface area contributed by atoms with E-state index in [-0.39, 0.29) is 30.6 Å². The van der Waals surface area contributed by atoms with Crippen LogP contribution in [0.3, 0.4) is 0 Å². The van der Waals surface area contributed by atoms with E-state index >= 15 is 0 Å². The average molecular weight is 394 g/mol. The molecule has 1 aliphatic rings. The summed E-state index contributed by atoms with van der Waals surface area (Å²) in [6.07, 6.45) is 4.85. The number of rotatable bonds is 9. The second kappa shape index (κ2) is 12.1. The van der Waals surface area contributed by atoms with E-state index in [0.717, 1.165) is 0 Å². The number of unbranched alkanes of at least 4 members (excludes halogenated alkanes) is 1. The minimum absolute atomic E-state index is 0.146. The lowest BCUT2D eigenvalue weighted by atomic mass is 10.1. The highest BCUT2D eigenvalue weighted by Crippen LogP contribution is 2.14. The second-order valence-electron chi connectivity index (χ2n) is 6.61. The minimum Gasteiger partial charge on any atom is -0.445 e. The molecule has 1 unspecified atom stereocenters. The summed E-state index contributed by atoms with van der Waals surface area (Å²) < 4.78 is 18.1. The van der Waals surface area contributed by atoms with E-state index in [4.69, 9.17) is 10.2 Å². The van der Waals surface area contributed by atoms with Crippen LogP contribution in [0.15, 0.2) is 29.7 Å². The molecule has 0 aliphatic carbocycles. The van der Waals surface area contributed by atoms with Crippen molar-refractivity contribution in [1.82, 2.24) is 15.2 Å². The molecule has 1 aromatic rings. The Morgan fingerprint density at radius 2 is 2.07 bits per heavy atom. The van der Waals surface area contributed by atoms with E-state index in [0.29, 0.717) is 43.9 Å². The molecule has 2 heterocycles. The first kappa shape index (κ1) is 23.6. The molecule has 0 bridgehead atoms. The van der Waals surface area contributed by atoms with Gasteiger partial charge < -0.3 is 20.4 Å². The molecule has 28 heavy (non-hydrogen) atoms. The van der Waals surface area contributed by atoms with Gasteiger partial charge in [0.25, 0.3) is 5.91 Å². The Morgan fingerprint density at radius 3 is 2.64 bits per heavy atom. The van der Waals surface area contributed by atoms with Gasteiger partial charge in [-0.25, -0.2) is 9.37 Å². The molecule has 3 N–H and O–H groups in total.